The van der Waals surface area contributed by atoms with Crippen molar-refractivity contribution in [2.24, 2.45) is 0 Å². The second-order valence-corrected chi connectivity index (χ2v) is 3.03. The first-order chi connectivity index (χ1) is 5.36. The van der Waals surface area contributed by atoms with E-state index < -0.39 is 0 Å². The zero-order valence-corrected chi connectivity index (χ0v) is 6.69. The summed E-state index contributed by atoms with van der Waals surface area (Å²) in [4.78, 5) is 2.27. The lowest BCUT2D eigenvalue weighted by atomic mass is 10.4. The van der Waals surface area contributed by atoms with Crippen molar-refractivity contribution < 1.29 is 0 Å². The third kappa shape index (κ3) is 1.26. The minimum atomic E-state index is 0.931. The van der Waals surface area contributed by atoms with Gasteiger partial charge < -0.3 is 4.57 Å². The highest BCUT2D eigenvalue weighted by Gasteiger charge is 2.11. The summed E-state index contributed by atoms with van der Waals surface area (Å²) in [6, 6.07) is 0. The number of hydrogen-bond acceptors (Lipinski definition) is 3. The van der Waals surface area contributed by atoms with Crippen molar-refractivity contribution in [1.82, 2.24) is 19.7 Å². The van der Waals surface area contributed by atoms with Crippen LogP contribution >= 0.6 is 0 Å². The Kier molecular flexibility index (Phi) is 1.62. The van der Waals surface area contributed by atoms with Gasteiger partial charge in [-0.3, -0.25) is 4.90 Å². The molecule has 1 aromatic rings. The molecular weight excluding hydrogens is 140 g/mol. The minimum Gasteiger partial charge on any atom is -0.316 e. The molecule has 2 rings (SSSR count). The van der Waals surface area contributed by atoms with E-state index in [1.165, 1.54) is 6.42 Å². The third-order valence-corrected chi connectivity index (χ3v) is 2.05. The molecule has 0 fully saturated rings. The van der Waals surface area contributed by atoms with Crippen LogP contribution in [0.3, 0.4) is 0 Å². The highest BCUT2D eigenvalue weighted by Crippen LogP contribution is 2.06. The van der Waals surface area contributed by atoms with Crippen molar-refractivity contribution in [2.45, 2.75) is 19.5 Å². The maximum Gasteiger partial charge on any atom is 0.146 e. The van der Waals surface area contributed by atoms with Gasteiger partial charge in [0.15, 0.2) is 0 Å². The molecule has 0 radical (unpaired) electrons. The van der Waals surface area contributed by atoms with Crippen molar-refractivity contribution in [3.63, 3.8) is 0 Å². The van der Waals surface area contributed by atoms with Gasteiger partial charge in [0, 0.05) is 13.1 Å². The largest absolute Gasteiger partial charge is 0.316 e. The van der Waals surface area contributed by atoms with E-state index in [0.29, 0.717) is 0 Å². The summed E-state index contributed by atoms with van der Waals surface area (Å²) in [6.45, 7) is 3.15. The van der Waals surface area contributed by atoms with Crippen LogP contribution in [-0.2, 0) is 13.1 Å². The van der Waals surface area contributed by atoms with E-state index in [-0.39, 0.29) is 0 Å². The Labute approximate surface area is 65.8 Å². The predicted molar refractivity (Wildman–Crippen MR) is 41.0 cm³/mol. The first-order valence-electron chi connectivity index (χ1n) is 3.91. The SMILES string of the molecule is CN1CCCn2cnnc2C1. The number of rotatable bonds is 0. The van der Waals surface area contributed by atoms with Gasteiger partial charge in [-0.25, -0.2) is 0 Å². The Morgan fingerprint density at radius 2 is 2.36 bits per heavy atom. The molecule has 0 aliphatic carbocycles. The first-order valence-corrected chi connectivity index (χ1v) is 3.91. The van der Waals surface area contributed by atoms with Gasteiger partial charge >= 0.3 is 0 Å². The molecule has 0 unspecified atom stereocenters. The van der Waals surface area contributed by atoms with E-state index in [4.69, 9.17) is 0 Å². The molecule has 0 N–H and O–H groups in total. The average molecular weight is 152 g/mol. The molecule has 0 saturated heterocycles. The number of nitrogens with zero attached hydrogens (tertiary/aromatic N) is 4. The standard InChI is InChI=1S/C7H12N4/c1-10-3-2-4-11-6-8-9-7(11)5-10/h6H,2-5H2,1H3. The molecule has 2 heterocycles. The second-order valence-electron chi connectivity index (χ2n) is 3.03. The summed E-state index contributed by atoms with van der Waals surface area (Å²) in [6.07, 6.45) is 3.01. The van der Waals surface area contributed by atoms with Crippen LogP contribution in [0.4, 0.5) is 0 Å². The third-order valence-electron chi connectivity index (χ3n) is 2.05. The maximum atomic E-state index is 4.04. The molecule has 0 spiro atoms. The van der Waals surface area contributed by atoms with E-state index in [0.717, 1.165) is 25.5 Å². The van der Waals surface area contributed by atoms with Gasteiger partial charge in [-0.15, -0.1) is 10.2 Å². The Morgan fingerprint density at radius 1 is 1.45 bits per heavy atom. The van der Waals surface area contributed by atoms with E-state index in [2.05, 4.69) is 26.7 Å². The van der Waals surface area contributed by atoms with Crippen LogP contribution in [0.25, 0.3) is 0 Å². The Bertz CT molecular complexity index is 242. The molecule has 0 saturated carbocycles. The minimum absolute atomic E-state index is 0.931. The first kappa shape index (κ1) is 6.79. The van der Waals surface area contributed by atoms with E-state index >= 15 is 0 Å². The van der Waals surface area contributed by atoms with E-state index in [1.54, 1.807) is 0 Å². The fourth-order valence-corrected chi connectivity index (χ4v) is 1.42. The van der Waals surface area contributed by atoms with Crippen molar-refractivity contribution in [3.8, 4) is 0 Å². The molecular formula is C7H12N4. The zero-order chi connectivity index (χ0) is 7.68. The Balaban J connectivity index is 2.26. The van der Waals surface area contributed by atoms with Crippen LogP contribution in [0.1, 0.15) is 12.2 Å². The molecule has 1 aromatic heterocycles. The smallest absolute Gasteiger partial charge is 0.146 e. The zero-order valence-electron chi connectivity index (χ0n) is 6.69. The number of hydrogen-bond donors (Lipinski definition) is 0. The molecule has 60 valence electrons. The highest BCUT2D eigenvalue weighted by molar-refractivity contribution is 4.87. The summed E-state index contributed by atoms with van der Waals surface area (Å²) in [5.41, 5.74) is 0. The fourth-order valence-electron chi connectivity index (χ4n) is 1.42. The monoisotopic (exact) mass is 152 g/mol. The highest BCUT2D eigenvalue weighted by atomic mass is 15.3. The van der Waals surface area contributed by atoms with Crippen molar-refractivity contribution in [1.29, 1.82) is 0 Å². The van der Waals surface area contributed by atoms with Gasteiger partial charge in [0.05, 0.1) is 6.54 Å². The molecule has 1 aliphatic heterocycles. The Morgan fingerprint density at radius 3 is 3.27 bits per heavy atom. The number of aromatic nitrogens is 3. The summed E-state index contributed by atoms with van der Waals surface area (Å²) >= 11 is 0. The van der Waals surface area contributed by atoms with Crippen LogP contribution in [-0.4, -0.2) is 33.3 Å². The van der Waals surface area contributed by atoms with Crippen LogP contribution in [0.15, 0.2) is 6.33 Å². The molecule has 0 bridgehead atoms. The normalized spacial score (nSPS) is 19.4. The second kappa shape index (κ2) is 2.62. The topological polar surface area (TPSA) is 34.0 Å². The fraction of sp³-hybridized carbons (Fsp3) is 0.714. The van der Waals surface area contributed by atoms with Gasteiger partial charge in [-0.2, -0.15) is 0 Å². The Hall–Kier alpha value is -0.900. The molecule has 4 nitrogen and oxygen atoms in total. The van der Waals surface area contributed by atoms with Gasteiger partial charge in [-0.05, 0) is 13.5 Å². The van der Waals surface area contributed by atoms with Crippen molar-refractivity contribution >= 4 is 0 Å². The molecule has 1 aliphatic rings. The van der Waals surface area contributed by atoms with Crippen LogP contribution < -0.4 is 0 Å². The lowest BCUT2D eigenvalue weighted by molar-refractivity contribution is 0.328. The molecule has 0 amide bonds. The lowest BCUT2D eigenvalue weighted by Crippen LogP contribution is -2.17. The number of fused-ring (bicyclic) bond motifs is 1. The number of aryl methyl sites for hydroxylation is 1. The van der Waals surface area contributed by atoms with Gasteiger partial charge in [0.1, 0.15) is 12.2 Å². The molecule has 0 aromatic carbocycles. The quantitative estimate of drug-likeness (QED) is 0.529. The van der Waals surface area contributed by atoms with E-state index in [1.807, 2.05) is 6.33 Å². The summed E-state index contributed by atoms with van der Waals surface area (Å²) in [7, 11) is 2.12. The molecule has 4 heteroatoms. The molecule has 11 heavy (non-hydrogen) atoms. The van der Waals surface area contributed by atoms with Crippen LogP contribution in [0.5, 0.6) is 0 Å². The summed E-state index contributed by atoms with van der Waals surface area (Å²) < 4.78 is 2.13. The average Bonchev–Trinajstić information content (AvgIpc) is 2.31. The van der Waals surface area contributed by atoms with Gasteiger partial charge in [0.25, 0.3) is 0 Å². The van der Waals surface area contributed by atoms with Crippen LogP contribution in [0, 0.1) is 0 Å². The van der Waals surface area contributed by atoms with Crippen molar-refractivity contribution in [2.75, 3.05) is 13.6 Å². The molecule has 0 atom stereocenters. The van der Waals surface area contributed by atoms with Gasteiger partial charge in [-0.1, -0.05) is 0 Å². The summed E-state index contributed by atoms with van der Waals surface area (Å²) in [5, 5.41) is 7.90. The lowest BCUT2D eigenvalue weighted by Gasteiger charge is -2.09. The van der Waals surface area contributed by atoms with E-state index in [9.17, 15) is 0 Å². The van der Waals surface area contributed by atoms with Crippen LogP contribution in [0.2, 0.25) is 0 Å². The predicted octanol–water partition coefficient (Wildman–Crippen LogP) is 0.114. The van der Waals surface area contributed by atoms with Crippen molar-refractivity contribution in [3.05, 3.63) is 12.2 Å². The maximum absolute atomic E-state index is 4.04. The summed E-state index contributed by atoms with van der Waals surface area (Å²) in [5.74, 6) is 1.09. The van der Waals surface area contributed by atoms with Gasteiger partial charge in [0.2, 0.25) is 0 Å².